The van der Waals surface area contributed by atoms with Crippen LogP contribution in [0.1, 0.15) is 5.69 Å². The van der Waals surface area contributed by atoms with Gasteiger partial charge in [-0.15, -0.1) is 0 Å². The van der Waals surface area contributed by atoms with Crippen LogP contribution in [-0.4, -0.2) is 9.55 Å². The molecule has 0 saturated carbocycles. The quantitative estimate of drug-likeness (QED) is 0.879. The summed E-state index contributed by atoms with van der Waals surface area (Å²) in [6.07, 6.45) is 3.42. The summed E-state index contributed by atoms with van der Waals surface area (Å²) >= 11 is 11.8. The molecule has 1 aromatic heterocycles. The summed E-state index contributed by atoms with van der Waals surface area (Å²) in [7, 11) is 0. The summed E-state index contributed by atoms with van der Waals surface area (Å²) in [5.74, 6) is 0. The number of rotatable bonds is 2. The van der Waals surface area contributed by atoms with Gasteiger partial charge in [0.25, 0.3) is 0 Å². The molecule has 15 heavy (non-hydrogen) atoms. The van der Waals surface area contributed by atoms with Crippen molar-refractivity contribution >= 4 is 23.2 Å². The van der Waals surface area contributed by atoms with Gasteiger partial charge in [0.15, 0.2) is 0 Å². The van der Waals surface area contributed by atoms with Crippen molar-refractivity contribution in [1.29, 1.82) is 0 Å². The number of nitrogens with zero attached hydrogens (tertiary/aromatic N) is 2. The van der Waals surface area contributed by atoms with E-state index in [-0.39, 0.29) is 0 Å². The first-order valence-corrected chi connectivity index (χ1v) is 5.14. The van der Waals surface area contributed by atoms with E-state index in [9.17, 15) is 0 Å². The van der Waals surface area contributed by atoms with Gasteiger partial charge in [-0.3, -0.25) is 0 Å². The van der Waals surface area contributed by atoms with Gasteiger partial charge in [0.2, 0.25) is 0 Å². The van der Waals surface area contributed by atoms with Crippen LogP contribution in [0.15, 0.2) is 30.7 Å². The Labute approximate surface area is 97.4 Å². The normalized spacial score (nSPS) is 10.6. The van der Waals surface area contributed by atoms with Gasteiger partial charge in [-0.1, -0.05) is 23.2 Å². The maximum Gasteiger partial charge on any atom is 0.0994 e. The molecular formula is C10H9Cl2N3. The Bertz CT molecular complexity index is 479. The van der Waals surface area contributed by atoms with E-state index in [1.807, 2.05) is 10.6 Å². The van der Waals surface area contributed by atoms with E-state index in [4.69, 9.17) is 28.9 Å². The van der Waals surface area contributed by atoms with Crippen LogP contribution in [0.3, 0.4) is 0 Å². The van der Waals surface area contributed by atoms with Gasteiger partial charge in [0.1, 0.15) is 0 Å². The van der Waals surface area contributed by atoms with Crippen LogP contribution < -0.4 is 5.73 Å². The minimum Gasteiger partial charge on any atom is -0.325 e. The van der Waals surface area contributed by atoms with E-state index >= 15 is 0 Å². The topological polar surface area (TPSA) is 43.8 Å². The number of halogens is 2. The predicted molar refractivity (Wildman–Crippen MR) is 61.5 cm³/mol. The Morgan fingerprint density at radius 2 is 2.07 bits per heavy atom. The Kier molecular flexibility index (Phi) is 2.95. The van der Waals surface area contributed by atoms with E-state index < -0.39 is 0 Å². The smallest absolute Gasteiger partial charge is 0.0994 e. The Morgan fingerprint density at radius 1 is 1.27 bits per heavy atom. The maximum atomic E-state index is 5.93. The zero-order chi connectivity index (χ0) is 10.8. The highest BCUT2D eigenvalue weighted by Gasteiger charge is 2.04. The Balaban J connectivity index is 2.50. The highest BCUT2D eigenvalue weighted by atomic mass is 35.5. The number of benzene rings is 1. The second kappa shape index (κ2) is 4.23. The molecule has 0 aliphatic rings. The predicted octanol–water partition coefficient (Wildman–Crippen LogP) is 2.64. The SMILES string of the molecule is NCc1cncn1-c1ccc(Cl)c(Cl)c1. The van der Waals surface area contributed by atoms with Gasteiger partial charge >= 0.3 is 0 Å². The van der Waals surface area contributed by atoms with Crippen molar-refractivity contribution in [2.75, 3.05) is 0 Å². The molecule has 3 nitrogen and oxygen atoms in total. The molecule has 0 atom stereocenters. The molecule has 0 unspecified atom stereocenters. The van der Waals surface area contributed by atoms with Crippen LogP contribution in [0.4, 0.5) is 0 Å². The molecule has 2 aromatic rings. The second-order valence-electron chi connectivity index (χ2n) is 3.06. The van der Waals surface area contributed by atoms with E-state index in [1.54, 1.807) is 24.7 Å². The third kappa shape index (κ3) is 2.00. The average Bonchev–Trinajstić information content (AvgIpc) is 2.70. The molecule has 0 saturated heterocycles. The fraction of sp³-hybridized carbons (Fsp3) is 0.100. The molecule has 0 aliphatic heterocycles. The Morgan fingerprint density at radius 3 is 2.73 bits per heavy atom. The van der Waals surface area contributed by atoms with Gasteiger partial charge in [-0.2, -0.15) is 0 Å². The Hall–Kier alpha value is -1.03. The minimum atomic E-state index is 0.431. The van der Waals surface area contributed by atoms with E-state index in [0.717, 1.165) is 11.4 Å². The first kappa shape index (κ1) is 10.5. The van der Waals surface area contributed by atoms with Crippen LogP contribution in [0.25, 0.3) is 5.69 Å². The molecule has 1 aromatic carbocycles. The molecular weight excluding hydrogens is 233 g/mol. The van der Waals surface area contributed by atoms with Crippen molar-refractivity contribution in [1.82, 2.24) is 9.55 Å². The van der Waals surface area contributed by atoms with Gasteiger partial charge in [0.05, 0.1) is 22.1 Å². The maximum absolute atomic E-state index is 5.93. The van der Waals surface area contributed by atoms with Gasteiger partial charge in [-0.25, -0.2) is 4.98 Å². The minimum absolute atomic E-state index is 0.431. The number of hydrogen-bond acceptors (Lipinski definition) is 2. The van der Waals surface area contributed by atoms with Crippen LogP contribution in [0.2, 0.25) is 10.0 Å². The first-order chi connectivity index (χ1) is 7.22. The van der Waals surface area contributed by atoms with Gasteiger partial charge in [0, 0.05) is 18.4 Å². The molecule has 78 valence electrons. The summed E-state index contributed by atoms with van der Waals surface area (Å²) in [4.78, 5) is 4.03. The third-order valence-corrected chi connectivity index (χ3v) is 2.84. The summed E-state index contributed by atoms with van der Waals surface area (Å²) in [5, 5.41) is 1.06. The largest absolute Gasteiger partial charge is 0.325 e. The van der Waals surface area contributed by atoms with Crippen molar-refractivity contribution < 1.29 is 0 Å². The molecule has 0 amide bonds. The zero-order valence-corrected chi connectivity index (χ0v) is 9.33. The molecule has 0 fully saturated rings. The third-order valence-electron chi connectivity index (χ3n) is 2.11. The van der Waals surface area contributed by atoms with Crippen LogP contribution >= 0.6 is 23.2 Å². The fourth-order valence-electron chi connectivity index (χ4n) is 1.34. The standard InChI is InChI=1S/C10H9Cl2N3/c11-9-2-1-7(3-10(9)12)15-6-14-5-8(15)4-13/h1-3,5-6H,4,13H2. The monoisotopic (exact) mass is 241 g/mol. The molecule has 2 N–H and O–H groups in total. The van der Waals surface area contributed by atoms with Gasteiger partial charge in [-0.05, 0) is 18.2 Å². The van der Waals surface area contributed by atoms with Crippen molar-refractivity contribution in [3.8, 4) is 5.69 Å². The van der Waals surface area contributed by atoms with Crippen LogP contribution in [0.5, 0.6) is 0 Å². The van der Waals surface area contributed by atoms with E-state index in [0.29, 0.717) is 16.6 Å². The first-order valence-electron chi connectivity index (χ1n) is 4.39. The summed E-state index contributed by atoms with van der Waals surface area (Å²) in [5.41, 5.74) is 7.41. The number of imidazole rings is 1. The number of hydrogen-bond donors (Lipinski definition) is 1. The van der Waals surface area contributed by atoms with Crippen LogP contribution in [-0.2, 0) is 6.54 Å². The average molecular weight is 242 g/mol. The summed E-state index contributed by atoms with van der Waals surface area (Å²) < 4.78 is 1.88. The fourth-order valence-corrected chi connectivity index (χ4v) is 1.63. The highest BCUT2D eigenvalue weighted by molar-refractivity contribution is 6.42. The lowest BCUT2D eigenvalue weighted by atomic mass is 10.3. The lowest BCUT2D eigenvalue weighted by molar-refractivity contribution is 0.910. The lowest BCUT2D eigenvalue weighted by Gasteiger charge is -2.07. The van der Waals surface area contributed by atoms with Crippen molar-refractivity contribution in [3.05, 3.63) is 46.5 Å². The van der Waals surface area contributed by atoms with Crippen molar-refractivity contribution in [2.45, 2.75) is 6.54 Å². The molecule has 2 rings (SSSR count). The summed E-state index contributed by atoms with van der Waals surface area (Å²) in [6, 6.07) is 5.40. The number of nitrogens with two attached hydrogens (primary N) is 1. The lowest BCUT2D eigenvalue weighted by Crippen LogP contribution is -2.04. The van der Waals surface area contributed by atoms with Crippen molar-refractivity contribution in [3.63, 3.8) is 0 Å². The number of aromatic nitrogens is 2. The molecule has 0 spiro atoms. The van der Waals surface area contributed by atoms with Crippen molar-refractivity contribution in [2.24, 2.45) is 5.73 Å². The van der Waals surface area contributed by atoms with Gasteiger partial charge < -0.3 is 10.3 Å². The van der Waals surface area contributed by atoms with Crippen LogP contribution in [0, 0.1) is 0 Å². The zero-order valence-electron chi connectivity index (χ0n) is 7.82. The highest BCUT2D eigenvalue weighted by Crippen LogP contribution is 2.24. The summed E-state index contributed by atoms with van der Waals surface area (Å²) in [6.45, 7) is 0.431. The molecule has 0 bridgehead atoms. The molecule has 5 heteroatoms. The second-order valence-corrected chi connectivity index (χ2v) is 3.87. The molecule has 1 heterocycles. The molecule has 0 radical (unpaired) electrons. The van der Waals surface area contributed by atoms with E-state index in [1.165, 1.54) is 0 Å². The van der Waals surface area contributed by atoms with E-state index in [2.05, 4.69) is 4.98 Å². The molecule has 0 aliphatic carbocycles.